The summed E-state index contributed by atoms with van der Waals surface area (Å²) in [4.78, 5) is 8.92. The van der Waals surface area contributed by atoms with Gasteiger partial charge in [-0.3, -0.25) is 4.57 Å². The average molecular weight is 167 g/mol. The number of nitrogens with two attached hydrogens (primary N) is 1. The van der Waals surface area contributed by atoms with E-state index in [4.69, 9.17) is 10.6 Å². The van der Waals surface area contributed by atoms with E-state index in [-0.39, 0.29) is 12.8 Å². The van der Waals surface area contributed by atoms with E-state index in [1.165, 1.54) is 0 Å². The molecule has 5 heteroatoms. The standard InChI is InChI=1S/C5H14NO3P/c1-2-9-10(7,8)5-3-4-6/h2-6H2,1H3,(H,7,8). The van der Waals surface area contributed by atoms with Crippen molar-refractivity contribution in [3.05, 3.63) is 0 Å². The van der Waals surface area contributed by atoms with E-state index in [9.17, 15) is 4.57 Å². The molecule has 3 N–H and O–H groups in total. The van der Waals surface area contributed by atoms with Crippen molar-refractivity contribution in [1.29, 1.82) is 0 Å². The topological polar surface area (TPSA) is 72.5 Å². The molecule has 0 heterocycles. The third-order valence-electron chi connectivity index (χ3n) is 0.976. The molecule has 0 aromatic carbocycles. The van der Waals surface area contributed by atoms with Gasteiger partial charge in [-0.1, -0.05) is 0 Å². The first-order chi connectivity index (χ1) is 4.62. The fraction of sp³-hybridized carbons (Fsp3) is 1.00. The van der Waals surface area contributed by atoms with Crippen LogP contribution < -0.4 is 5.73 Å². The first-order valence-corrected chi connectivity index (χ1v) is 5.05. The van der Waals surface area contributed by atoms with Gasteiger partial charge in [0.15, 0.2) is 0 Å². The minimum atomic E-state index is -3.29. The number of hydrogen-bond acceptors (Lipinski definition) is 3. The summed E-state index contributed by atoms with van der Waals surface area (Å²) in [7, 11) is -3.29. The maximum absolute atomic E-state index is 10.9. The summed E-state index contributed by atoms with van der Waals surface area (Å²) in [6, 6.07) is 0. The molecule has 0 aliphatic rings. The summed E-state index contributed by atoms with van der Waals surface area (Å²) in [5.41, 5.74) is 5.14. The van der Waals surface area contributed by atoms with Crippen molar-refractivity contribution in [1.82, 2.24) is 0 Å². The van der Waals surface area contributed by atoms with Crippen molar-refractivity contribution in [3.8, 4) is 0 Å². The molecule has 0 rings (SSSR count). The van der Waals surface area contributed by atoms with Gasteiger partial charge in [0.1, 0.15) is 0 Å². The van der Waals surface area contributed by atoms with Gasteiger partial charge in [0.25, 0.3) is 0 Å². The van der Waals surface area contributed by atoms with Crippen LogP contribution in [0.25, 0.3) is 0 Å². The zero-order valence-corrected chi connectivity index (χ0v) is 7.01. The molecule has 0 bridgehead atoms. The van der Waals surface area contributed by atoms with E-state index >= 15 is 0 Å². The van der Waals surface area contributed by atoms with Crippen molar-refractivity contribution < 1.29 is 14.0 Å². The molecule has 1 atom stereocenters. The molecule has 62 valence electrons. The van der Waals surface area contributed by atoms with Crippen molar-refractivity contribution >= 4 is 7.60 Å². The predicted molar refractivity (Wildman–Crippen MR) is 40.0 cm³/mol. The van der Waals surface area contributed by atoms with Crippen molar-refractivity contribution in [2.24, 2.45) is 5.73 Å². The quantitative estimate of drug-likeness (QED) is 0.586. The molecule has 0 aromatic heterocycles. The van der Waals surface area contributed by atoms with Crippen LogP contribution in [0.1, 0.15) is 13.3 Å². The summed E-state index contributed by atoms with van der Waals surface area (Å²) in [6.07, 6.45) is 0.700. The van der Waals surface area contributed by atoms with E-state index in [2.05, 4.69) is 4.52 Å². The highest BCUT2D eigenvalue weighted by Crippen LogP contribution is 2.41. The van der Waals surface area contributed by atoms with E-state index in [1.807, 2.05) is 0 Å². The van der Waals surface area contributed by atoms with Gasteiger partial charge in [-0.2, -0.15) is 0 Å². The molecule has 0 spiro atoms. The van der Waals surface area contributed by atoms with Gasteiger partial charge < -0.3 is 15.2 Å². The van der Waals surface area contributed by atoms with Gasteiger partial charge in [0, 0.05) is 0 Å². The molecular weight excluding hydrogens is 153 g/mol. The lowest BCUT2D eigenvalue weighted by Crippen LogP contribution is -2.03. The van der Waals surface area contributed by atoms with Crippen LogP contribution in [0.5, 0.6) is 0 Å². The Hall–Kier alpha value is 0.110. The molecule has 0 fully saturated rings. The summed E-state index contributed by atoms with van der Waals surface area (Å²) in [5, 5.41) is 0. The first kappa shape index (κ1) is 10.1. The third-order valence-corrected chi connectivity index (χ3v) is 2.52. The van der Waals surface area contributed by atoms with Crippen LogP contribution in [0.2, 0.25) is 0 Å². The van der Waals surface area contributed by atoms with E-state index in [0.717, 1.165) is 0 Å². The van der Waals surface area contributed by atoms with Gasteiger partial charge in [0.05, 0.1) is 12.8 Å². The monoisotopic (exact) mass is 167 g/mol. The molecule has 10 heavy (non-hydrogen) atoms. The zero-order valence-electron chi connectivity index (χ0n) is 6.12. The summed E-state index contributed by atoms with van der Waals surface area (Å²) >= 11 is 0. The Morgan fingerprint density at radius 1 is 1.70 bits per heavy atom. The molecule has 0 aliphatic carbocycles. The number of hydrogen-bond donors (Lipinski definition) is 2. The van der Waals surface area contributed by atoms with E-state index in [1.54, 1.807) is 6.92 Å². The van der Waals surface area contributed by atoms with Crippen molar-refractivity contribution in [2.45, 2.75) is 13.3 Å². The minimum Gasteiger partial charge on any atom is -0.330 e. The summed E-state index contributed by atoms with van der Waals surface area (Å²) < 4.78 is 15.4. The Labute approximate surface area is 60.9 Å². The van der Waals surface area contributed by atoms with Crippen LogP contribution in [0.15, 0.2) is 0 Å². The second kappa shape index (κ2) is 4.85. The second-order valence-electron chi connectivity index (χ2n) is 1.92. The highest BCUT2D eigenvalue weighted by Gasteiger charge is 2.16. The van der Waals surface area contributed by atoms with E-state index < -0.39 is 7.60 Å². The Morgan fingerprint density at radius 3 is 2.70 bits per heavy atom. The van der Waals surface area contributed by atoms with Crippen LogP contribution in [0, 0.1) is 0 Å². The molecule has 0 aliphatic heterocycles. The van der Waals surface area contributed by atoms with Gasteiger partial charge in [-0.05, 0) is 19.9 Å². The van der Waals surface area contributed by atoms with Gasteiger partial charge >= 0.3 is 7.60 Å². The maximum Gasteiger partial charge on any atom is 0.328 e. The summed E-state index contributed by atoms with van der Waals surface area (Å²) in [6.45, 7) is 2.39. The smallest absolute Gasteiger partial charge is 0.328 e. The largest absolute Gasteiger partial charge is 0.330 e. The first-order valence-electron chi connectivity index (χ1n) is 3.29. The molecule has 4 nitrogen and oxygen atoms in total. The lowest BCUT2D eigenvalue weighted by Gasteiger charge is -2.08. The normalized spacial score (nSPS) is 16.7. The van der Waals surface area contributed by atoms with Crippen LogP contribution in [-0.2, 0) is 9.09 Å². The highest BCUT2D eigenvalue weighted by molar-refractivity contribution is 7.52. The lowest BCUT2D eigenvalue weighted by atomic mass is 10.5. The predicted octanol–water partition coefficient (Wildman–Crippen LogP) is 0.557. The van der Waals surface area contributed by atoms with Gasteiger partial charge in [-0.15, -0.1) is 0 Å². The number of rotatable bonds is 5. The maximum atomic E-state index is 10.9. The Bertz CT molecular complexity index is 128. The van der Waals surface area contributed by atoms with Crippen molar-refractivity contribution in [2.75, 3.05) is 19.3 Å². The van der Waals surface area contributed by atoms with Crippen LogP contribution >= 0.6 is 7.60 Å². The molecule has 0 amide bonds. The minimum absolute atomic E-state index is 0.164. The Kier molecular flexibility index (Phi) is 4.91. The molecule has 1 unspecified atom stereocenters. The third kappa shape index (κ3) is 4.94. The Morgan fingerprint density at radius 2 is 2.30 bits per heavy atom. The van der Waals surface area contributed by atoms with Gasteiger partial charge in [0.2, 0.25) is 0 Å². The SMILES string of the molecule is CCOP(=O)(O)CCCN. The van der Waals surface area contributed by atoms with Crippen molar-refractivity contribution in [3.63, 3.8) is 0 Å². The average Bonchev–Trinajstić information content (AvgIpc) is 1.84. The molecule has 0 saturated carbocycles. The fourth-order valence-corrected chi connectivity index (χ4v) is 1.67. The van der Waals surface area contributed by atoms with Crippen LogP contribution in [-0.4, -0.2) is 24.2 Å². The summed E-state index contributed by atoms with van der Waals surface area (Å²) in [5.74, 6) is 0. The molecule has 0 saturated heterocycles. The van der Waals surface area contributed by atoms with E-state index in [0.29, 0.717) is 13.0 Å². The molecular formula is C5H14NO3P. The highest BCUT2D eigenvalue weighted by atomic mass is 31.2. The lowest BCUT2D eigenvalue weighted by molar-refractivity contribution is 0.273. The Balaban J connectivity index is 3.53. The second-order valence-corrected chi connectivity index (χ2v) is 3.90. The fourth-order valence-electron chi connectivity index (χ4n) is 0.557. The molecule has 0 radical (unpaired) electrons. The van der Waals surface area contributed by atoms with Gasteiger partial charge in [-0.25, -0.2) is 0 Å². The zero-order chi connectivity index (χ0) is 8.04. The van der Waals surface area contributed by atoms with Crippen LogP contribution in [0.3, 0.4) is 0 Å². The molecule has 0 aromatic rings. The van der Waals surface area contributed by atoms with Crippen LogP contribution in [0.4, 0.5) is 0 Å².